The number of rotatable bonds is 2. The van der Waals surface area contributed by atoms with Gasteiger partial charge >= 0.3 is 5.97 Å². The molecule has 0 fully saturated rings. The number of hydrogen-bond acceptors (Lipinski definition) is 5. The summed E-state index contributed by atoms with van der Waals surface area (Å²) >= 11 is 0. The number of ether oxygens (including phenoxy) is 2. The van der Waals surface area contributed by atoms with Crippen LogP contribution in [0.4, 0.5) is 0 Å². The normalized spacial score (nSPS) is 13.3. The van der Waals surface area contributed by atoms with Gasteiger partial charge in [-0.2, -0.15) is 5.10 Å². The number of carbonyl (C=O) groups is 1. The highest BCUT2D eigenvalue weighted by atomic mass is 16.5. The van der Waals surface area contributed by atoms with E-state index in [4.69, 9.17) is 14.5 Å². The van der Waals surface area contributed by atoms with E-state index in [1.165, 1.54) is 0 Å². The molecule has 0 amide bonds. The first-order valence-corrected chi connectivity index (χ1v) is 12.8. The van der Waals surface area contributed by atoms with Crippen molar-refractivity contribution in [2.24, 2.45) is 0 Å². The maximum atomic E-state index is 11.9. The summed E-state index contributed by atoms with van der Waals surface area (Å²) in [7, 11) is 1.55. The molecular weight excluding hydrogens is 494 g/mol. The topological polar surface area (TPSA) is 96.3 Å². The Balaban J connectivity index is 1.51. The zero-order chi connectivity index (χ0) is 26.5. The molecule has 9 heteroatoms. The molecule has 1 aliphatic heterocycles. The number of aromatic nitrogens is 5. The molecule has 0 saturated heterocycles. The van der Waals surface area contributed by atoms with Crippen molar-refractivity contribution < 1.29 is 19.4 Å². The monoisotopic (exact) mass is 519 g/mol. The molecule has 2 bridgehead atoms. The summed E-state index contributed by atoms with van der Waals surface area (Å²) in [6.07, 6.45) is 4.59. The van der Waals surface area contributed by atoms with E-state index in [0.29, 0.717) is 31.0 Å². The van der Waals surface area contributed by atoms with Crippen molar-refractivity contribution in [1.82, 2.24) is 23.9 Å². The molecule has 0 radical (unpaired) electrons. The van der Waals surface area contributed by atoms with Crippen molar-refractivity contribution >= 4 is 27.9 Å². The van der Waals surface area contributed by atoms with E-state index in [-0.39, 0.29) is 5.56 Å². The summed E-state index contributed by atoms with van der Waals surface area (Å²) < 4.78 is 18.1. The van der Waals surface area contributed by atoms with E-state index >= 15 is 0 Å². The molecule has 0 atom stereocenters. The third kappa shape index (κ3) is 3.82. The van der Waals surface area contributed by atoms with E-state index in [1.54, 1.807) is 19.2 Å². The molecule has 4 heterocycles. The fourth-order valence-corrected chi connectivity index (χ4v) is 5.42. The Bertz CT molecular complexity index is 1880. The predicted molar refractivity (Wildman–Crippen MR) is 147 cm³/mol. The summed E-state index contributed by atoms with van der Waals surface area (Å²) in [5.74, 6) is 0.934. The average molecular weight is 520 g/mol. The standard InChI is InChI=1S/C30H25N5O4/c1-38-27-15-21(30(36)37)13-22-28(27)34-17-19-16-31-35(18-19)24-9-4-5-10-26(24)39-12-6-11-33-23-8-3-2-7-20(23)14-25(33)29(34)32-22/h2-5,7-10,13-16,18H,6,11-12,17H2,1H3,(H,36,37). The molecule has 3 aromatic carbocycles. The Morgan fingerprint density at radius 2 is 1.90 bits per heavy atom. The van der Waals surface area contributed by atoms with Gasteiger partial charge in [0.15, 0.2) is 5.82 Å². The number of carboxylic acid groups (broad SMARTS) is 1. The van der Waals surface area contributed by atoms with Crippen LogP contribution in [0.25, 0.3) is 39.1 Å². The van der Waals surface area contributed by atoms with Gasteiger partial charge in [-0.3, -0.25) is 0 Å². The van der Waals surface area contributed by atoms with Crippen molar-refractivity contribution in [2.75, 3.05) is 13.7 Å². The number of carboxylic acids is 1. The van der Waals surface area contributed by atoms with Crippen LogP contribution < -0.4 is 9.47 Å². The minimum atomic E-state index is -1.03. The lowest BCUT2D eigenvalue weighted by atomic mass is 10.2. The van der Waals surface area contributed by atoms with Gasteiger partial charge in [0.05, 0.1) is 43.2 Å². The van der Waals surface area contributed by atoms with E-state index in [0.717, 1.165) is 51.4 Å². The Hall–Kier alpha value is -5.05. The largest absolute Gasteiger partial charge is 0.494 e. The lowest BCUT2D eigenvalue weighted by molar-refractivity contribution is 0.0696. The van der Waals surface area contributed by atoms with Crippen molar-refractivity contribution in [3.8, 4) is 28.7 Å². The highest BCUT2D eigenvalue weighted by Gasteiger charge is 2.23. The SMILES string of the molecule is COc1cc(C(=O)O)cc2nc3n(c12)Cc1cnn(c1)-c1ccccc1OCCCn1c-3cc2ccccc21. The summed E-state index contributed by atoms with van der Waals surface area (Å²) in [5, 5.41) is 15.5. The number of nitrogens with zero attached hydrogens (tertiary/aromatic N) is 5. The van der Waals surface area contributed by atoms with E-state index in [9.17, 15) is 9.90 Å². The molecule has 7 rings (SSSR count). The van der Waals surface area contributed by atoms with Gasteiger partial charge < -0.3 is 23.7 Å². The number of methoxy groups -OCH3 is 1. The molecular formula is C30H25N5O4. The van der Waals surface area contributed by atoms with Crippen molar-refractivity contribution in [3.63, 3.8) is 0 Å². The Kier molecular flexibility index (Phi) is 5.36. The van der Waals surface area contributed by atoms with Crippen molar-refractivity contribution in [2.45, 2.75) is 19.5 Å². The van der Waals surface area contributed by atoms with Crippen LogP contribution in [-0.2, 0) is 13.1 Å². The molecule has 9 nitrogen and oxygen atoms in total. The third-order valence-corrected chi connectivity index (χ3v) is 7.19. The number of hydrogen-bond donors (Lipinski definition) is 1. The van der Waals surface area contributed by atoms with Gasteiger partial charge in [0.2, 0.25) is 0 Å². The minimum absolute atomic E-state index is 0.128. The Labute approximate surface area is 223 Å². The molecule has 194 valence electrons. The minimum Gasteiger partial charge on any atom is -0.494 e. The average Bonchev–Trinajstić information content (AvgIpc) is 3.66. The summed E-state index contributed by atoms with van der Waals surface area (Å²) in [5.41, 5.74) is 5.29. The van der Waals surface area contributed by atoms with Crippen molar-refractivity contribution in [1.29, 1.82) is 0 Å². The highest BCUT2D eigenvalue weighted by Crippen LogP contribution is 2.36. The summed E-state index contributed by atoms with van der Waals surface area (Å²) in [6, 6.07) is 21.5. The Morgan fingerprint density at radius 1 is 1.05 bits per heavy atom. The van der Waals surface area contributed by atoms with E-state index in [2.05, 4.69) is 32.4 Å². The molecule has 1 N–H and O–H groups in total. The number of imidazole rings is 1. The van der Waals surface area contributed by atoms with Crippen LogP contribution in [0, 0.1) is 0 Å². The maximum Gasteiger partial charge on any atom is 0.335 e. The fraction of sp³-hybridized carbons (Fsp3) is 0.167. The number of aryl methyl sites for hydroxylation is 1. The molecule has 0 aliphatic carbocycles. The van der Waals surface area contributed by atoms with Crippen LogP contribution in [0.2, 0.25) is 0 Å². The van der Waals surface area contributed by atoms with Gasteiger partial charge in [-0.05, 0) is 42.8 Å². The van der Waals surface area contributed by atoms with Gasteiger partial charge in [0.1, 0.15) is 22.7 Å². The maximum absolute atomic E-state index is 11.9. The summed E-state index contributed by atoms with van der Waals surface area (Å²) in [4.78, 5) is 16.9. The van der Waals surface area contributed by atoms with Crippen LogP contribution in [-0.4, -0.2) is 48.7 Å². The molecule has 3 aromatic heterocycles. The number of para-hydroxylation sites is 3. The zero-order valence-corrected chi connectivity index (χ0v) is 21.2. The second-order valence-electron chi connectivity index (χ2n) is 9.58. The highest BCUT2D eigenvalue weighted by molar-refractivity contribution is 5.97. The van der Waals surface area contributed by atoms with Gasteiger partial charge in [-0.25, -0.2) is 14.5 Å². The first kappa shape index (κ1) is 23.1. The quantitative estimate of drug-likeness (QED) is 0.330. The molecule has 1 aliphatic rings. The fourth-order valence-electron chi connectivity index (χ4n) is 5.42. The van der Waals surface area contributed by atoms with Gasteiger partial charge in [-0.15, -0.1) is 0 Å². The number of fused-ring (bicyclic) bond motifs is 11. The van der Waals surface area contributed by atoms with Crippen molar-refractivity contribution in [3.05, 3.63) is 90.3 Å². The number of benzene rings is 3. The second-order valence-corrected chi connectivity index (χ2v) is 9.58. The van der Waals surface area contributed by atoms with Gasteiger partial charge in [0.25, 0.3) is 0 Å². The second kappa shape index (κ2) is 9.05. The molecule has 39 heavy (non-hydrogen) atoms. The molecule has 0 unspecified atom stereocenters. The molecule has 0 saturated carbocycles. The zero-order valence-electron chi connectivity index (χ0n) is 21.2. The predicted octanol–water partition coefficient (Wildman–Crippen LogP) is 5.38. The van der Waals surface area contributed by atoms with E-state index in [1.807, 2.05) is 53.5 Å². The molecule has 6 aromatic rings. The smallest absolute Gasteiger partial charge is 0.335 e. The summed E-state index contributed by atoms with van der Waals surface area (Å²) in [6.45, 7) is 1.71. The molecule has 0 spiro atoms. The van der Waals surface area contributed by atoms with E-state index < -0.39 is 5.97 Å². The van der Waals surface area contributed by atoms with Crippen LogP contribution in [0.15, 0.2) is 79.1 Å². The van der Waals surface area contributed by atoms with Crippen LogP contribution >= 0.6 is 0 Å². The first-order valence-electron chi connectivity index (χ1n) is 12.8. The lowest BCUT2D eigenvalue weighted by Crippen LogP contribution is -2.10. The lowest BCUT2D eigenvalue weighted by Gasteiger charge is -2.15. The van der Waals surface area contributed by atoms with Crippen LogP contribution in [0.1, 0.15) is 22.3 Å². The van der Waals surface area contributed by atoms with Crippen LogP contribution in [0.3, 0.4) is 0 Å². The third-order valence-electron chi connectivity index (χ3n) is 7.19. The number of aromatic carboxylic acids is 1. The Morgan fingerprint density at radius 3 is 2.77 bits per heavy atom. The first-order chi connectivity index (χ1) is 19.1. The van der Waals surface area contributed by atoms with Crippen LogP contribution in [0.5, 0.6) is 11.5 Å². The van der Waals surface area contributed by atoms with Gasteiger partial charge in [-0.1, -0.05) is 30.3 Å². The van der Waals surface area contributed by atoms with Gasteiger partial charge in [0, 0.05) is 29.2 Å².